The van der Waals surface area contributed by atoms with Gasteiger partial charge in [0.1, 0.15) is 11.6 Å². The number of nitrogens with one attached hydrogen (secondary N) is 2. The maximum atomic E-state index is 12.9. The van der Waals surface area contributed by atoms with Crippen LogP contribution in [0.5, 0.6) is 11.6 Å². The fourth-order valence-corrected chi connectivity index (χ4v) is 1.99. The quantitative estimate of drug-likeness (QED) is 0.389. The zero-order valence-corrected chi connectivity index (χ0v) is 17.0. The Morgan fingerprint density at radius 2 is 1.96 bits per heavy atom. The highest BCUT2D eigenvalue weighted by Crippen LogP contribution is 2.20. The van der Waals surface area contributed by atoms with Gasteiger partial charge in [-0.3, -0.25) is 0 Å². The number of aliphatic imine (C=N–C) groups is 1. The van der Waals surface area contributed by atoms with Gasteiger partial charge in [0.15, 0.2) is 5.96 Å². The van der Waals surface area contributed by atoms with Crippen LogP contribution in [-0.2, 0) is 6.54 Å². The van der Waals surface area contributed by atoms with Gasteiger partial charge in [0, 0.05) is 24.8 Å². The van der Waals surface area contributed by atoms with E-state index in [4.69, 9.17) is 4.74 Å². The van der Waals surface area contributed by atoms with Crippen LogP contribution in [0.4, 0.5) is 4.39 Å². The van der Waals surface area contributed by atoms with E-state index in [1.54, 1.807) is 18.3 Å². The van der Waals surface area contributed by atoms with E-state index in [1.807, 2.05) is 19.1 Å². The highest BCUT2D eigenvalue weighted by atomic mass is 127. The number of benzene rings is 1. The molecule has 5 nitrogen and oxygen atoms in total. The molecule has 0 bridgehead atoms. The molecule has 25 heavy (non-hydrogen) atoms. The molecule has 136 valence electrons. The molecule has 1 aromatic carbocycles. The van der Waals surface area contributed by atoms with Crippen molar-refractivity contribution in [1.82, 2.24) is 15.6 Å². The largest absolute Gasteiger partial charge is 0.439 e. The molecule has 0 unspecified atom stereocenters. The maximum Gasteiger partial charge on any atom is 0.219 e. The highest BCUT2D eigenvalue weighted by molar-refractivity contribution is 14.0. The number of halogens is 2. The van der Waals surface area contributed by atoms with Crippen molar-refractivity contribution < 1.29 is 9.13 Å². The van der Waals surface area contributed by atoms with Crippen molar-refractivity contribution >= 4 is 29.9 Å². The third-order valence-electron chi connectivity index (χ3n) is 3.02. The average Bonchev–Trinajstić information content (AvgIpc) is 2.55. The molecule has 0 radical (unpaired) electrons. The Labute approximate surface area is 165 Å². The van der Waals surface area contributed by atoms with Gasteiger partial charge in [-0.2, -0.15) is 0 Å². The molecule has 0 aliphatic rings. The third-order valence-corrected chi connectivity index (χ3v) is 3.02. The van der Waals surface area contributed by atoms with E-state index in [-0.39, 0.29) is 29.8 Å². The van der Waals surface area contributed by atoms with E-state index in [1.165, 1.54) is 12.1 Å². The van der Waals surface area contributed by atoms with Crippen molar-refractivity contribution in [2.45, 2.75) is 33.4 Å². The van der Waals surface area contributed by atoms with Gasteiger partial charge in [-0.15, -0.1) is 24.0 Å². The number of aromatic nitrogens is 1. The molecule has 2 N–H and O–H groups in total. The topological polar surface area (TPSA) is 58.5 Å². The van der Waals surface area contributed by atoms with Gasteiger partial charge in [0.05, 0.1) is 6.54 Å². The van der Waals surface area contributed by atoms with Crippen molar-refractivity contribution in [3.05, 3.63) is 54.0 Å². The van der Waals surface area contributed by atoms with Crippen molar-refractivity contribution in [3.8, 4) is 11.6 Å². The SMILES string of the molecule is CCNC(=NCc1ccnc(Oc2ccc(F)cc2)c1)NC(C)C.I. The number of rotatable bonds is 6. The number of hydrogen-bond donors (Lipinski definition) is 2. The minimum Gasteiger partial charge on any atom is -0.439 e. The summed E-state index contributed by atoms with van der Waals surface area (Å²) in [5.74, 6) is 1.47. The van der Waals surface area contributed by atoms with E-state index in [9.17, 15) is 4.39 Å². The molecule has 0 atom stereocenters. The fourth-order valence-electron chi connectivity index (χ4n) is 1.99. The first-order valence-electron chi connectivity index (χ1n) is 8.00. The Morgan fingerprint density at radius 3 is 2.60 bits per heavy atom. The van der Waals surface area contributed by atoms with E-state index < -0.39 is 0 Å². The third kappa shape index (κ3) is 7.68. The lowest BCUT2D eigenvalue weighted by molar-refractivity contribution is 0.460. The number of pyridine rings is 1. The summed E-state index contributed by atoms with van der Waals surface area (Å²) in [7, 11) is 0. The number of hydrogen-bond acceptors (Lipinski definition) is 3. The molecule has 0 amide bonds. The van der Waals surface area contributed by atoms with Gasteiger partial charge >= 0.3 is 0 Å². The van der Waals surface area contributed by atoms with Crippen molar-refractivity contribution in [2.24, 2.45) is 4.99 Å². The monoisotopic (exact) mass is 458 g/mol. The molecule has 0 saturated heterocycles. The second-order valence-corrected chi connectivity index (χ2v) is 5.55. The summed E-state index contributed by atoms with van der Waals surface area (Å²) in [4.78, 5) is 8.72. The average molecular weight is 458 g/mol. The molecule has 0 saturated carbocycles. The minimum absolute atomic E-state index is 0. The van der Waals surface area contributed by atoms with Crippen LogP contribution in [0, 0.1) is 5.82 Å². The Bertz CT molecular complexity index is 677. The van der Waals surface area contributed by atoms with Gasteiger partial charge in [-0.05, 0) is 56.7 Å². The minimum atomic E-state index is -0.299. The summed E-state index contributed by atoms with van der Waals surface area (Å²) in [6.07, 6.45) is 1.67. The first-order chi connectivity index (χ1) is 11.6. The van der Waals surface area contributed by atoms with E-state index in [2.05, 4.69) is 34.5 Å². The van der Waals surface area contributed by atoms with Crippen molar-refractivity contribution in [1.29, 1.82) is 0 Å². The molecule has 2 rings (SSSR count). The zero-order valence-electron chi connectivity index (χ0n) is 14.6. The summed E-state index contributed by atoms with van der Waals surface area (Å²) in [6, 6.07) is 9.85. The van der Waals surface area contributed by atoms with E-state index in [0.29, 0.717) is 24.2 Å². The molecule has 0 fully saturated rings. The lowest BCUT2D eigenvalue weighted by Gasteiger charge is -2.14. The molecule has 0 aliphatic heterocycles. The van der Waals surface area contributed by atoms with Crippen molar-refractivity contribution in [3.63, 3.8) is 0 Å². The second kappa shape index (κ2) is 10.9. The van der Waals surface area contributed by atoms with Crippen LogP contribution in [0.1, 0.15) is 26.3 Å². The normalized spacial score (nSPS) is 11.0. The van der Waals surface area contributed by atoms with Gasteiger partial charge < -0.3 is 15.4 Å². The first-order valence-corrected chi connectivity index (χ1v) is 8.00. The maximum absolute atomic E-state index is 12.9. The van der Waals surface area contributed by atoms with Crippen LogP contribution >= 0.6 is 24.0 Å². The first kappa shape index (κ1) is 21.1. The Hall–Kier alpha value is -1.90. The number of nitrogens with zero attached hydrogens (tertiary/aromatic N) is 2. The Kier molecular flexibility index (Phi) is 9.18. The summed E-state index contributed by atoms with van der Waals surface area (Å²) in [5, 5.41) is 6.47. The van der Waals surface area contributed by atoms with Crippen LogP contribution in [0.15, 0.2) is 47.6 Å². The molecule has 0 spiro atoms. The van der Waals surface area contributed by atoms with E-state index >= 15 is 0 Å². The second-order valence-electron chi connectivity index (χ2n) is 5.55. The summed E-state index contributed by atoms with van der Waals surface area (Å²) < 4.78 is 18.6. The molecule has 7 heteroatoms. The predicted molar refractivity (Wildman–Crippen MR) is 109 cm³/mol. The van der Waals surface area contributed by atoms with Crippen molar-refractivity contribution in [2.75, 3.05) is 6.54 Å². The Balaban J connectivity index is 0.00000312. The van der Waals surface area contributed by atoms with Crippen LogP contribution in [0.2, 0.25) is 0 Å². The molecule has 1 heterocycles. The van der Waals surface area contributed by atoms with Gasteiger partial charge in [-0.1, -0.05) is 0 Å². The lowest BCUT2D eigenvalue weighted by Crippen LogP contribution is -2.40. The summed E-state index contributed by atoms with van der Waals surface area (Å²) in [6.45, 7) is 7.46. The smallest absolute Gasteiger partial charge is 0.219 e. The highest BCUT2D eigenvalue weighted by Gasteiger charge is 2.03. The summed E-state index contributed by atoms with van der Waals surface area (Å²) >= 11 is 0. The Morgan fingerprint density at radius 1 is 1.24 bits per heavy atom. The van der Waals surface area contributed by atoms with Crippen LogP contribution in [0.25, 0.3) is 0 Å². The number of ether oxygens (including phenoxy) is 1. The van der Waals surface area contributed by atoms with Crippen LogP contribution < -0.4 is 15.4 Å². The van der Waals surface area contributed by atoms with Gasteiger partial charge in [-0.25, -0.2) is 14.4 Å². The number of guanidine groups is 1. The molecule has 1 aromatic heterocycles. The van der Waals surface area contributed by atoms with Crippen LogP contribution in [0.3, 0.4) is 0 Å². The molecule has 2 aromatic rings. The van der Waals surface area contributed by atoms with Gasteiger partial charge in [0.25, 0.3) is 0 Å². The molecular weight excluding hydrogens is 434 g/mol. The lowest BCUT2D eigenvalue weighted by atomic mass is 10.2. The molecule has 0 aliphatic carbocycles. The van der Waals surface area contributed by atoms with E-state index in [0.717, 1.165) is 18.1 Å². The van der Waals surface area contributed by atoms with Crippen LogP contribution in [-0.4, -0.2) is 23.5 Å². The summed E-state index contributed by atoms with van der Waals surface area (Å²) in [5.41, 5.74) is 0.975. The standard InChI is InChI=1S/C18H23FN4O.HI/c1-4-20-18(23-13(2)3)22-12-14-9-10-21-17(11-14)24-16-7-5-15(19)6-8-16;/h5-11,13H,4,12H2,1-3H3,(H2,20,22,23);1H. The zero-order chi connectivity index (χ0) is 17.4. The fraction of sp³-hybridized carbons (Fsp3) is 0.333. The predicted octanol–water partition coefficient (Wildman–Crippen LogP) is 4.09. The molecular formula is C18H24FIN4O. The van der Waals surface area contributed by atoms with Gasteiger partial charge in [0.2, 0.25) is 5.88 Å².